The normalized spacial score (nSPS) is 19.1. The first-order chi connectivity index (χ1) is 13.6. The number of quaternary nitrogens is 1. The van der Waals surface area contributed by atoms with Crippen LogP contribution in [0.25, 0.3) is 0 Å². The smallest absolute Gasteiger partial charge is 0.250 e. The first kappa shape index (κ1) is 24.9. The van der Waals surface area contributed by atoms with Crippen molar-refractivity contribution in [3.63, 3.8) is 0 Å². The molecule has 0 spiro atoms. The van der Waals surface area contributed by atoms with Crippen LogP contribution in [0.5, 0.6) is 0 Å². The predicted molar refractivity (Wildman–Crippen MR) is 127 cm³/mol. The molecular weight excluding hydrogens is 439 g/mol. The van der Waals surface area contributed by atoms with Crippen molar-refractivity contribution < 1.29 is 14.1 Å². The molecule has 0 bridgehead atoms. The number of primary amides is 1. The van der Waals surface area contributed by atoms with Crippen molar-refractivity contribution in [1.29, 1.82) is 0 Å². The second-order valence-electron chi connectivity index (χ2n) is 8.78. The molecule has 0 fully saturated rings. The minimum atomic E-state index is -0.412. The summed E-state index contributed by atoms with van der Waals surface area (Å²) in [4.78, 5) is 27.0. The molecule has 2 heterocycles. The number of hydrogen-bond donors (Lipinski definition) is 1. The lowest BCUT2D eigenvalue weighted by Gasteiger charge is -2.44. The van der Waals surface area contributed by atoms with Crippen molar-refractivity contribution in [3.05, 3.63) is 55.7 Å². The Morgan fingerprint density at radius 2 is 1.80 bits per heavy atom. The topological polar surface area (TPSA) is 60.2 Å². The molecule has 1 aromatic carbocycles. The summed E-state index contributed by atoms with van der Waals surface area (Å²) in [5.74, 6) is 0.253. The van der Waals surface area contributed by atoms with E-state index in [4.69, 9.17) is 17.3 Å². The fourth-order valence-electron chi connectivity index (χ4n) is 4.29. The third kappa shape index (κ3) is 5.25. The number of ketones is 1. The van der Waals surface area contributed by atoms with E-state index in [0.717, 1.165) is 40.0 Å². The molecule has 1 aliphatic rings. The third-order valence-corrected chi connectivity index (χ3v) is 7.88. The van der Waals surface area contributed by atoms with E-state index >= 15 is 0 Å². The van der Waals surface area contributed by atoms with Crippen molar-refractivity contribution >= 4 is 47.0 Å². The number of nitrogens with two attached hydrogens (primary N) is 1. The van der Waals surface area contributed by atoms with Crippen LogP contribution in [0.1, 0.15) is 52.0 Å². The zero-order valence-electron chi connectivity index (χ0n) is 18.0. The van der Waals surface area contributed by atoms with Crippen molar-refractivity contribution in [1.82, 2.24) is 0 Å². The summed E-state index contributed by atoms with van der Waals surface area (Å²) < 4.78 is 0.960. The second-order valence-corrected chi connectivity index (χ2v) is 10.4. The van der Waals surface area contributed by atoms with Crippen LogP contribution < -0.4 is 5.73 Å². The SMILES string of the molecule is CC(C)C(C)[N+]1(C)CCc2c(sc(CC(=O)Cc3ccc(Cl)cc3)c2C(N)=O)C1.Cl. The lowest BCUT2D eigenvalue weighted by Crippen LogP contribution is -2.55. The van der Waals surface area contributed by atoms with E-state index in [1.807, 2.05) is 12.1 Å². The van der Waals surface area contributed by atoms with Gasteiger partial charge in [0.2, 0.25) is 5.91 Å². The van der Waals surface area contributed by atoms with Gasteiger partial charge in [0.05, 0.1) is 30.1 Å². The third-order valence-electron chi connectivity index (χ3n) is 6.41. The Morgan fingerprint density at radius 1 is 1.17 bits per heavy atom. The van der Waals surface area contributed by atoms with Crippen LogP contribution >= 0.6 is 35.3 Å². The number of carbonyl (C=O) groups excluding carboxylic acids is 2. The van der Waals surface area contributed by atoms with Gasteiger partial charge in [-0.05, 0) is 30.2 Å². The molecule has 1 amide bonds. The largest absolute Gasteiger partial charge is 0.366 e. The summed E-state index contributed by atoms with van der Waals surface area (Å²) in [6, 6.07) is 7.84. The Bertz CT molecular complexity index is 924. The number of halogens is 2. The first-order valence-electron chi connectivity index (χ1n) is 10.1. The van der Waals surface area contributed by atoms with Gasteiger partial charge in [0.1, 0.15) is 12.3 Å². The summed E-state index contributed by atoms with van der Waals surface area (Å²) in [6.07, 6.45) is 1.42. The average molecular weight is 470 g/mol. The molecule has 3 rings (SSSR count). The molecule has 0 radical (unpaired) electrons. The van der Waals surface area contributed by atoms with Crippen LogP contribution in [0.3, 0.4) is 0 Å². The number of Topliss-reactive ketones (excluding diaryl/α,β-unsaturated/α-hetero) is 1. The Balaban J connectivity index is 0.00000320. The van der Waals surface area contributed by atoms with Crippen molar-refractivity contribution in [2.24, 2.45) is 11.7 Å². The summed E-state index contributed by atoms with van der Waals surface area (Å²) in [5.41, 5.74) is 8.34. The maximum absolute atomic E-state index is 12.7. The molecule has 0 aliphatic carbocycles. The highest BCUT2D eigenvalue weighted by Gasteiger charge is 2.38. The van der Waals surface area contributed by atoms with E-state index < -0.39 is 5.91 Å². The number of amides is 1. The number of carbonyl (C=O) groups is 2. The molecule has 1 aliphatic heterocycles. The summed E-state index contributed by atoms with van der Waals surface area (Å²) >= 11 is 7.52. The fraction of sp³-hybridized carbons (Fsp3) is 0.478. The molecule has 2 unspecified atom stereocenters. The van der Waals surface area contributed by atoms with E-state index in [9.17, 15) is 9.59 Å². The molecule has 7 heteroatoms. The number of benzene rings is 1. The molecule has 164 valence electrons. The Hall–Kier alpha value is -1.40. The zero-order valence-corrected chi connectivity index (χ0v) is 20.4. The van der Waals surface area contributed by atoms with Gasteiger partial charge in [0.25, 0.3) is 0 Å². The highest BCUT2D eigenvalue weighted by atomic mass is 35.5. The molecule has 2 aromatic rings. The number of likely N-dealkylation sites (N-methyl/N-ethyl adjacent to an activating group) is 1. The average Bonchev–Trinajstić information content (AvgIpc) is 2.99. The van der Waals surface area contributed by atoms with Crippen LogP contribution in [-0.4, -0.2) is 35.8 Å². The molecular formula is C23H31Cl2N2O2S+. The second kappa shape index (κ2) is 9.82. The summed E-state index contributed by atoms with van der Waals surface area (Å²) in [5, 5.41) is 0.653. The van der Waals surface area contributed by atoms with Crippen molar-refractivity contribution in [3.8, 4) is 0 Å². The van der Waals surface area contributed by atoms with E-state index in [2.05, 4.69) is 27.8 Å². The van der Waals surface area contributed by atoms with Gasteiger partial charge in [0.15, 0.2) is 0 Å². The van der Waals surface area contributed by atoms with Gasteiger partial charge in [-0.15, -0.1) is 23.7 Å². The van der Waals surface area contributed by atoms with Crippen molar-refractivity contribution in [2.75, 3.05) is 13.6 Å². The van der Waals surface area contributed by atoms with Crippen LogP contribution in [0.15, 0.2) is 24.3 Å². The highest BCUT2D eigenvalue weighted by molar-refractivity contribution is 7.12. The van der Waals surface area contributed by atoms with Crippen molar-refractivity contribution in [2.45, 2.75) is 52.6 Å². The number of nitrogens with zero attached hydrogens (tertiary/aromatic N) is 1. The van der Waals surface area contributed by atoms with E-state index in [-0.39, 0.29) is 24.6 Å². The number of rotatable bonds is 7. The summed E-state index contributed by atoms with van der Waals surface area (Å²) in [6.45, 7) is 8.70. The molecule has 0 saturated heterocycles. The van der Waals surface area contributed by atoms with Gasteiger partial charge in [0, 0.05) is 35.1 Å². The molecule has 1 aromatic heterocycles. The highest BCUT2D eigenvalue weighted by Crippen LogP contribution is 2.37. The molecule has 2 atom stereocenters. The maximum atomic E-state index is 12.7. The van der Waals surface area contributed by atoms with Gasteiger partial charge in [-0.25, -0.2) is 0 Å². The number of thiophene rings is 1. The maximum Gasteiger partial charge on any atom is 0.250 e. The van der Waals surface area contributed by atoms with Crippen LogP contribution in [0.2, 0.25) is 5.02 Å². The Labute approximate surface area is 194 Å². The monoisotopic (exact) mass is 469 g/mol. The Morgan fingerprint density at radius 3 is 2.37 bits per heavy atom. The summed E-state index contributed by atoms with van der Waals surface area (Å²) in [7, 11) is 2.29. The van der Waals surface area contributed by atoms with Gasteiger partial charge in [-0.2, -0.15) is 0 Å². The molecule has 0 saturated carbocycles. The number of hydrogen-bond acceptors (Lipinski definition) is 3. The number of fused-ring (bicyclic) bond motifs is 1. The molecule has 4 nitrogen and oxygen atoms in total. The predicted octanol–water partition coefficient (Wildman–Crippen LogP) is 4.82. The van der Waals surface area contributed by atoms with Crippen LogP contribution in [0, 0.1) is 5.92 Å². The minimum Gasteiger partial charge on any atom is -0.366 e. The molecule has 30 heavy (non-hydrogen) atoms. The minimum absolute atomic E-state index is 0. The van der Waals surface area contributed by atoms with E-state index in [1.54, 1.807) is 23.5 Å². The van der Waals surface area contributed by atoms with Gasteiger partial charge < -0.3 is 10.2 Å². The Kier molecular flexibility index (Phi) is 8.14. The van der Waals surface area contributed by atoms with Gasteiger partial charge >= 0.3 is 0 Å². The fourth-order valence-corrected chi connectivity index (χ4v) is 5.95. The standard InChI is InChI=1S/C23H29ClN2O2S.ClH/c1-14(2)15(3)26(4)10-9-19-21(13-26)29-20(22(19)23(25)28)12-18(27)11-16-5-7-17(24)8-6-16;/h5-8,14-15H,9-13H2,1-4H3,(H-,25,28);1H/p+1. The molecule has 2 N–H and O–H groups in total. The zero-order chi connectivity index (χ0) is 21.3. The lowest BCUT2D eigenvalue weighted by molar-refractivity contribution is -0.949. The van der Waals surface area contributed by atoms with Crippen LogP contribution in [0.4, 0.5) is 0 Å². The van der Waals surface area contributed by atoms with Gasteiger partial charge in [-0.1, -0.05) is 37.6 Å². The lowest BCUT2D eigenvalue weighted by atomic mass is 9.94. The van der Waals surface area contributed by atoms with Crippen LogP contribution in [-0.2, 0) is 30.6 Å². The quantitative estimate of drug-likeness (QED) is 0.590. The first-order valence-corrected chi connectivity index (χ1v) is 11.3. The van der Waals surface area contributed by atoms with Gasteiger partial charge in [-0.3, -0.25) is 9.59 Å². The van der Waals surface area contributed by atoms with E-state index in [0.29, 0.717) is 29.0 Å². The van der Waals surface area contributed by atoms with E-state index in [1.165, 1.54) is 4.88 Å².